The van der Waals surface area contributed by atoms with Gasteiger partial charge >= 0.3 is 0 Å². The lowest BCUT2D eigenvalue weighted by Gasteiger charge is -1.99. The van der Waals surface area contributed by atoms with Crippen molar-refractivity contribution in [1.29, 1.82) is 0 Å². The van der Waals surface area contributed by atoms with E-state index < -0.39 is 6.79 Å². The van der Waals surface area contributed by atoms with Crippen LogP contribution in [-0.2, 0) is 14.6 Å². The topological polar surface area (TPSA) is 38.4 Å². The third-order valence-corrected chi connectivity index (χ3v) is 1.19. The molecule has 1 aliphatic carbocycles. The van der Waals surface area contributed by atoms with Crippen molar-refractivity contribution in [2.45, 2.75) is 18.9 Å². The second kappa shape index (κ2) is 3.82. The SMILES string of the molecule is [O]COCCOC1CC1. The summed E-state index contributed by atoms with van der Waals surface area (Å²) in [5, 5.41) is 9.71. The highest BCUT2D eigenvalue weighted by molar-refractivity contribution is 4.72. The Bertz CT molecular complexity index is 70.7. The van der Waals surface area contributed by atoms with E-state index in [1.54, 1.807) is 0 Å². The second-order valence-electron chi connectivity index (χ2n) is 2.10. The predicted octanol–water partition coefficient (Wildman–Crippen LogP) is 0.570. The van der Waals surface area contributed by atoms with E-state index in [0.29, 0.717) is 19.3 Å². The summed E-state index contributed by atoms with van der Waals surface area (Å²) < 4.78 is 9.72. The quantitative estimate of drug-likeness (QED) is 0.404. The monoisotopic (exact) mass is 131 g/mol. The van der Waals surface area contributed by atoms with Gasteiger partial charge < -0.3 is 9.47 Å². The van der Waals surface area contributed by atoms with Crippen molar-refractivity contribution < 1.29 is 14.6 Å². The fraction of sp³-hybridized carbons (Fsp3) is 1.00. The van der Waals surface area contributed by atoms with E-state index in [4.69, 9.17) is 4.74 Å². The number of hydrogen-bond acceptors (Lipinski definition) is 2. The summed E-state index contributed by atoms with van der Waals surface area (Å²) in [5.74, 6) is 0. The first-order valence-corrected chi connectivity index (χ1v) is 3.21. The minimum atomic E-state index is -0.450. The lowest BCUT2D eigenvalue weighted by molar-refractivity contribution is -0.0637. The van der Waals surface area contributed by atoms with Gasteiger partial charge in [0.15, 0.2) is 6.79 Å². The highest BCUT2D eigenvalue weighted by Crippen LogP contribution is 2.22. The van der Waals surface area contributed by atoms with E-state index in [2.05, 4.69) is 4.74 Å². The average molecular weight is 131 g/mol. The van der Waals surface area contributed by atoms with Crippen LogP contribution in [0.15, 0.2) is 0 Å². The third-order valence-electron chi connectivity index (χ3n) is 1.19. The molecule has 0 amide bonds. The normalized spacial score (nSPS) is 18.3. The fourth-order valence-corrected chi connectivity index (χ4v) is 0.567. The Kier molecular flexibility index (Phi) is 2.97. The van der Waals surface area contributed by atoms with E-state index in [-0.39, 0.29) is 0 Å². The van der Waals surface area contributed by atoms with Crippen LogP contribution in [0.1, 0.15) is 12.8 Å². The highest BCUT2D eigenvalue weighted by atomic mass is 16.6. The van der Waals surface area contributed by atoms with Gasteiger partial charge in [0.2, 0.25) is 0 Å². The molecule has 0 aromatic carbocycles. The molecule has 0 unspecified atom stereocenters. The van der Waals surface area contributed by atoms with E-state index in [9.17, 15) is 5.11 Å². The number of rotatable bonds is 5. The molecule has 1 rings (SSSR count). The first kappa shape index (κ1) is 6.99. The molecule has 0 heterocycles. The van der Waals surface area contributed by atoms with Gasteiger partial charge in [0.25, 0.3) is 0 Å². The second-order valence-corrected chi connectivity index (χ2v) is 2.10. The molecule has 0 saturated heterocycles. The Hall–Kier alpha value is -0.120. The molecule has 1 saturated carbocycles. The molecule has 0 atom stereocenters. The van der Waals surface area contributed by atoms with E-state index >= 15 is 0 Å². The molecule has 53 valence electrons. The van der Waals surface area contributed by atoms with Gasteiger partial charge in [-0.05, 0) is 12.8 Å². The van der Waals surface area contributed by atoms with Crippen LogP contribution in [0.25, 0.3) is 0 Å². The van der Waals surface area contributed by atoms with Gasteiger partial charge in [0.1, 0.15) is 0 Å². The summed E-state index contributed by atoms with van der Waals surface area (Å²) in [6.07, 6.45) is 2.83. The molecule has 0 aromatic rings. The van der Waals surface area contributed by atoms with Gasteiger partial charge in [-0.1, -0.05) is 0 Å². The van der Waals surface area contributed by atoms with E-state index in [1.807, 2.05) is 0 Å². The van der Waals surface area contributed by atoms with Crippen molar-refractivity contribution in [3.63, 3.8) is 0 Å². The Balaban J connectivity index is 1.71. The van der Waals surface area contributed by atoms with Crippen LogP contribution < -0.4 is 0 Å². The molecular formula is C6H11O3. The molecule has 0 N–H and O–H groups in total. The largest absolute Gasteiger partial charge is 0.376 e. The van der Waals surface area contributed by atoms with E-state index in [1.165, 1.54) is 12.8 Å². The predicted molar refractivity (Wildman–Crippen MR) is 30.5 cm³/mol. The van der Waals surface area contributed by atoms with Gasteiger partial charge in [-0.15, -0.1) is 0 Å². The zero-order valence-corrected chi connectivity index (χ0v) is 5.34. The molecule has 1 fully saturated rings. The Labute approximate surface area is 54.6 Å². The third kappa shape index (κ3) is 3.46. The molecule has 0 aliphatic heterocycles. The summed E-state index contributed by atoms with van der Waals surface area (Å²) in [4.78, 5) is 0. The first-order chi connectivity index (χ1) is 4.43. The average Bonchev–Trinajstić information content (AvgIpc) is 2.63. The lowest BCUT2D eigenvalue weighted by atomic mass is 10.7. The fourth-order valence-electron chi connectivity index (χ4n) is 0.567. The van der Waals surface area contributed by atoms with Crippen molar-refractivity contribution in [3.8, 4) is 0 Å². The number of ether oxygens (including phenoxy) is 2. The summed E-state index contributed by atoms with van der Waals surface area (Å²) in [7, 11) is 0. The zero-order chi connectivity index (χ0) is 6.53. The molecule has 3 heteroatoms. The maximum Gasteiger partial charge on any atom is 0.180 e. The van der Waals surface area contributed by atoms with Crippen LogP contribution in [0.4, 0.5) is 0 Å². The summed E-state index contributed by atoms with van der Waals surface area (Å²) >= 11 is 0. The highest BCUT2D eigenvalue weighted by Gasteiger charge is 2.21. The van der Waals surface area contributed by atoms with Crippen LogP contribution in [0.3, 0.4) is 0 Å². The van der Waals surface area contributed by atoms with Crippen molar-refractivity contribution in [3.05, 3.63) is 0 Å². The molecule has 0 aromatic heterocycles. The lowest BCUT2D eigenvalue weighted by Crippen LogP contribution is -2.05. The Morgan fingerprint density at radius 2 is 2.11 bits per heavy atom. The maximum atomic E-state index is 9.71. The van der Waals surface area contributed by atoms with Crippen LogP contribution in [0, 0.1) is 0 Å². The standard InChI is InChI=1S/C6H11O3/c7-5-8-3-4-9-6-1-2-6/h6H,1-5H2. The molecule has 0 bridgehead atoms. The van der Waals surface area contributed by atoms with Crippen molar-refractivity contribution >= 4 is 0 Å². The van der Waals surface area contributed by atoms with E-state index in [0.717, 1.165) is 0 Å². The van der Waals surface area contributed by atoms with Gasteiger partial charge in [-0.3, -0.25) is 0 Å². The van der Waals surface area contributed by atoms with Crippen molar-refractivity contribution in [2.24, 2.45) is 0 Å². The summed E-state index contributed by atoms with van der Waals surface area (Å²) in [6, 6.07) is 0. The van der Waals surface area contributed by atoms with Gasteiger partial charge in [0.05, 0.1) is 19.3 Å². The van der Waals surface area contributed by atoms with Crippen molar-refractivity contribution in [1.82, 2.24) is 0 Å². The number of hydrogen-bond donors (Lipinski definition) is 0. The zero-order valence-electron chi connectivity index (χ0n) is 5.34. The maximum absolute atomic E-state index is 9.71. The first-order valence-electron chi connectivity index (χ1n) is 3.21. The van der Waals surface area contributed by atoms with Crippen LogP contribution >= 0.6 is 0 Å². The van der Waals surface area contributed by atoms with Gasteiger partial charge in [0, 0.05) is 0 Å². The molecule has 1 radical (unpaired) electrons. The smallest absolute Gasteiger partial charge is 0.180 e. The minimum Gasteiger partial charge on any atom is -0.376 e. The van der Waals surface area contributed by atoms with Crippen LogP contribution in [-0.4, -0.2) is 26.1 Å². The van der Waals surface area contributed by atoms with Crippen molar-refractivity contribution in [2.75, 3.05) is 20.0 Å². The molecule has 0 spiro atoms. The molecule has 9 heavy (non-hydrogen) atoms. The molecule has 1 aliphatic rings. The summed E-state index contributed by atoms with van der Waals surface area (Å²) in [6.45, 7) is 0.570. The van der Waals surface area contributed by atoms with Gasteiger partial charge in [-0.25, -0.2) is 5.11 Å². The minimum absolute atomic E-state index is 0.444. The van der Waals surface area contributed by atoms with Crippen LogP contribution in [0.5, 0.6) is 0 Å². The van der Waals surface area contributed by atoms with Crippen LogP contribution in [0.2, 0.25) is 0 Å². The molecule has 3 nitrogen and oxygen atoms in total. The molecular weight excluding hydrogens is 120 g/mol. The Morgan fingerprint density at radius 3 is 2.67 bits per heavy atom. The Morgan fingerprint density at radius 1 is 1.33 bits per heavy atom. The van der Waals surface area contributed by atoms with Gasteiger partial charge in [-0.2, -0.15) is 0 Å². The summed E-state index contributed by atoms with van der Waals surface area (Å²) in [5.41, 5.74) is 0.